The summed E-state index contributed by atoms with van der Waals surface area (Å²) < 4.78 is 17.7. The maximum atomic E-state index is 12.5. The lowest BCUT2D eigenvalue weighted by Gasteiger charge is -2.19. The molecule has 0 amide bonds. The van der Waals surface area contributed by atoms with Gasteiger partial charge in [-0.1, -0.05) is 0 Å². The summed E-state index contributed by atoms with van der Waals surface area (Å²) in [6.45, 7) is 5.47. The summed E-state index contributed by atoms with van der Waals surface area (Å²) in [4.78, 5) is 16.9. The van der Waals surface area contributed by atoms with Gasteiger partial charge in [-0.3, -0.25) is 0 Å². The standard InChI is InChI=1S/C17H19N3O4/c1-17(2,3)24-16(21)11-8-19-20-9-18-12-7-14(23-5)13(22-4)6-10(12)15(11)20/h6-9H,1-5H3. The molecule has 0 aliphatic carbocycles. The van der Waals surface area contributed by atoms with Gasteiger partial charge in [0.05, 0.1) is 31.4 Å². The highest BCUT2D eigenvalue weighted by molar-refractivity contribution is 6.07. The van der Waals surface area contributed by atoms with Gasteiger partial charge in [0.15, 0.2) is 11.5 Å². The quantitative estimate of drug-likeness (QED) is 0.688. The van der Waals surface area contributed by atoms with Crippen LogP contribution in [0, 0.1) is 0 Å². The highest BCUT2D eigenvalue weighted by Gasteiger charge is 2.23. The van der Waals surface area contributed by atoms with Gasteiger partial charge in [0.2, 0.25) is 0 Å². The minimum absolute atomic E-state index is 0.379. The zero-order chi connectivity index (χ0) is 17.5. The summed E-state index contributed by atoms with van der Waals surface area (Å²) in [7, 11) is 3.12. The Morgan fingerprint density at radius 1 is 1.12 bits per heavy atom. The third kappa shape index (κ3) is 2.73. The molecule has 0 fully saturated rings. The Hall–Kier alpha value is -2.83. The fraction of sp³-hybridized carbons (Fsp3) is 0.353. The van der Waals surface area contributed by atoms with Gasteiger partial charge in [-0.2, -0.15) is 5.10 Å². The molecule has 0 radical (unpaired) electrons. The molecule has 126 valence electrons. The Morgan fingerprint density at radius 3 is 2.42 bits per heavy atom. The number of fused-ring (bicyclic) bond motifs is 3. The van der Waals surface area contributed by atoms with Crippen molar-refractivity contribution in [1.82, 2.24) is 14.6 Å². The Balaban J connectivity index is 2.26. The van der Waals surface area contributed by atoms with E-state index in [9.17, 15) is 4.79 Å². The Bertz CT molecular complexity index is 925. The maximum absolute atomic E-state index is 12.5. The molecule has 3 aromatic rings. The molecule has 2 heterocycles. The fourth-order valence-corrected chi connectivity index (χ4v) is 2.48. The van der Waals surface area contributed by atoms with Gasteiger partial charge < -0.3 is 14.2 Å². The molecular weight excluding hydrogens is 310 g/mol. The van der Waals surface area contributed by atoms with Crippen LogP contribution in [0.1, 0.15) is 31.1 Å². The average Bonchev–Trinajstić information content (AvgIpc) is 2.96. The van der Waals surface area contributed by atoms with Crippen molar-refractivity contribution in [1.29, 1.82) is 0 Å². The highest BCUT2D eigenvalue weighted by Crippen LogP contribution is 2.34. The van der Waals surface area contributed by atoms with E-state index in [1.807, 2.05) is 20.8 Å². The SMILES string of the molecule is COc1cc2ncn3ncc(C(=O)OC(C)(C)C)c3c2cc1OC. The van der Waals surface area contributed by atoms with Gasteiger partial charge in [0, 0.05) is 11.5 Å². The van der Waals surface area contributed by atoms with Crippen LogP contribution in [-0.2, 0) is 4.74 Å². The van der Waals surface area contributed by atoms with Gasteiger partial charge >= 0.3 is 5.97 Å². The van der Waals surface area contributed by atoms with Crippen LogP contribution in [-0.4, -0.2) is 40.4 Å². The summed E-state index contributed by atoms with van der Waals surface area (Å²) >= 11 is 0. The molecule has 0 atom stereocenters. The molecule has 0 aliphatic heterocycles. The van der Waals surface area contributed by atoms with Gasteiger partial charge in [-0.05, 0) is 26.8 Å². The fourth-order valence-electron chi connectivity index (χ4n) is 2.48. The van der Waals surface area contributed by atoms with Crippen LogP contribution >= 0.6 is 0 Å². The molecule has 2 aromatic heterocycles. The van der Waals surface area contributed by atoms with Crippen LogP contribution in [0.15, 0.2) is 24.7 Å². The average molecular weight is 329 g/mol. The van der Waals surface area contributed by atoms with Crippen molar-refractivity contribution >= 4 is 22.4 Å². The molecule has 0 bridgehead atoms. The minimum Gasteiger partial charge on any atom is -0.493 e. The highest BCUT2D eigenvalue weighted by atomic mass is 16.6. The molecule has 0 saturated heterocycles. The number of aromatic nitrogens is 3. The number of hydrogen-bond acceptors (Lipinski definition) is 6. The van der Waals surface area contributed by atoms with Crippen LogP contribution in [0.5, 0.6) is 11.5 Å². The number of esters is 1. The predicted octanol–water partition coefficient (Wildman–Crippen LogP) is 2.86. The summed E-state index contributed by atoms with van der Waals surface area (Å²) in [5.41, 5.74) is 1.08. The first kappa shape index (κ1) is 16.0. The monoisotopic (exact) mass is 329 g/mol. The van der Waals surface area contributed by atoms with Crippen molar-refractivity contribution in [3.63, 3.8) is 0 Å². The van der Waals surface area contributed by atoms with E-state index in [-0.39, 0.29) is 0 Å². The topological polar surface area (TPSA) is 75.0 Å². The van der Waals surface area contributed by atoms with Crippen LogP contribution in [0.25, 0.3) is 16.4 Å². The van der Waals surface area contributed by atoms with E-state index in [0.717, 1.165) is 5.39 Å². The van der Waals surface area contributed by atoms with Crippen molar-refractivity contribution in [2.45, 2.75) is 26.4 Å². The third-order valence-electron chi connectivity index (χ3n) is 3.48. The normalized spacial score (nSPS) is 11.7. The molecule has 0 spiro atoms. The molecular formula is C17H19N3O4. The van der Waals surface area contributed by atoms with Crippen LogP contribution < -0.4 is 9.47 Å². The van der Waals surface area contributed by atoms with Crippen LogP contribution in [0.2, 0.25) is 0 Å². The number of carbonyl (C=O) groups is 1. The molecule has 3 rings (SSSR count). The number of ether oxygens (including phenoxy) is 3. The smallest absolute Gasteiger partial charge is 0.342 e. The summed E-state index contributed by atoms with van der Waals surface area (Å²) in [6.07, 6.45) is 3.04. The largest absolute Gasteiger partial charge is 0.493 e. The first-order chi connectivity index (χ1) is 11.3. The van der Waals surface area contributed by atoms with Gasteiger partial charge in [0.25, 0.3) is 0 Å². The number of benzene rings is 1. The summed E-state index contributed by atoms with van der Waals surface area (Å²) in [5, 5.41) is 4.93. The van der Waals surface area contributed by atoms with E-state index < -0.39 is 11.6 Å². The van der Waals surface area contributed by atoms with Gasteiger partial charge in [-0.25, -0.2) is 14.3 Å². The van der Waals surface area contributed by atoms with E-state index in [1.165, 1.54) is 6.20 Å². The lowest BCUT2D eigenvalue weighted by atomic mass is 10.1. The van der Waals surface area contributed by atoms with Gasteiger partial charge in [0.1, 0.15) is 17.5 Å². The van der Waals surface area contributed by atoms with E-state index in [2.05, 4.69) is 10.1 Å². The minimum atomic E-state index is -0.588. The zero-order valence-corrected chi connectivity index (χ0v) is 14.3. The first-order valence-corrected chi connectivity index (χ1v) is 7.45. The number of hydrogen-bond donors (Lipinski definition) is 0. The van der Waals surface area contributed by atoms with E-state index in [1.54, 1.807) is 37.2 Å². The Kier molecular flexibility index (Phi) is 3.79. The van der Waals surface area contributed by atoms with Crippen molar-refractivity contribution in [3.05, 3.63) is 30.2 Å². The van der Waals surface area contributed by atoms with E-state index in [0.29, 0.717) is 28.1 Å². The Morgan fingerprint density at radius 2 is 1.79 bits per heavy atom. The van der Waals surface area contributed by atoms with Crippen molar-refractivity contribution in [2.75, 3.05) is 14.2 Å². The molecule has 24 heavy (non-hydrogen) atoms. The second-order valence-electron chi connectivity index (χ2n) is 6.32. The summed E-state index contributed by atoms with van der Waals surface area (Å²) in [5.74, 6) is 0.691. The second kappa shape index (κ2) is 5.67. The predicted molar refractivity (Wildman–Crippen MR) is 88.8 cm³/mol. The van der Waals surface area contributed by atoms with Crippen molar-refractivity contribution in [2.24, 2.45) is 0 Å². The zero-order valence-electron chi connectivity index (χ0n) is 14.3. The van der Waals surface area contributed by atoms with Crippen LogP contribution in [0.4, 0.5) is 0 Å². The second-order valence-corrected chi connectivity index (χ2v) is 6.32. The lowest BCUT2D eigenvalue weighted by molar-refractivity contribution is 0.00719. The summed E-state index contributed by atoms with van der Waals surface area (Å²) in [6, 6.07) is 3.55. The number of methoxy groups -OCH3 is 2. The number of nitrogens with zero attached hydrogens (tertiary/aromatic N) is 3. The molecule has 7 heteroatoms. The molecule has 7 nitrogen and oxygen atoms in total. The van der Waals surface area contributed by atoms with E-state index in [4.69, 9.17) is 14.2 Å². The first-order valence-electron chi connectivity index (χ1n) is 7.45. The van der Waals surface area contributed by atoms with Crippen molar-refractivity contribution in [3.8, 4) is 11.5 Å². The molecule has 0 N–H and O–H groups in total. The van der Waals surface area contributed by atoms with Gasteiger partial charge in [-0.15, -0.1) is 0 Å². The number of carbonyl (C=O) groups excluding carboxylic acids is 1. The molecule has 0 unspecified atom stereocenters. The lowest BCUT2D eigenvalue weighted by Crippen LogP contribution is -2.23. The van der Waals surface area contributed by atoms with Crippen LogP contribution in [0.3, 0.4) is 0 Å². The Labute approximate surface area is 139 Å². The molecule has 0 aliphatic rings. The molecule has 0 saturated carbocycles. The molecule has 1 aromatic carbocycles. The van der Waals surface area contributed by atoms with Crippen molar-refractivity contribution < 1.29 is 19.0 Å². The third-order valence-corrected chi connectivity index (χ3v) is 3.48. The maximum Gasteiger partial charge on any atom is 0.342 e. The van der Waals surface area contributed by atoms with E-state index >= 15 is 0 Å². The number of rotatable bonds is 3.